The van der Waals surface area contributed by atoms with Crippen molar-refractivity contribution in [3.8, 4) is 11.5 Å². The Morgan fingerprint density at radius 3 is 2.44 bits per heavy atom. The zero-order chi connectivity index (χ0) is 22.6. The summed E-state index contributed by atoms with van der Waals surface area (Å²) in [7, 11) is -3.56. The Morgan fingerprint density at radius 1 is 1.03 bits per heavy atom. The maximum absolute atomic E-state index is 12.9. The fourth-order valence-electron chi connectivity index (χ4n) is 3.53. The van der Waals surface area contributed by atoms with E-state index in [1.165, 1.54) is 28.6 Å². The number of nitrogens with zero attached hydrogens (tertiary/aromatic N) is 3. The predicted octanol–water partition coefficient (Wildman–Crippen LogP) is 4.28. The number of amides is 1. The van der Waals surface area contributed by atoms with E-state index in [4.69, 9.17) is 4.42 Å². The van der Waals surface area contributed by atoms with Crippen LogP contribution in [0.4, 0.5) is 6.01 Å². The lowest BCUT2D eigenvalue weighted by molar-refractivity contribution is 0.102. The molecular formula is C22H24N4O4S2. The zero-order valence-corrected chi connectivity index (χ0v) is 19.3. The van der Waals surface area contributed by atoms with Crippen molar-refractivity contribution in [3.63, 3.8) is 0 Å². The molecular weight excluding hydrogens is 448 g/mol. The number of nitrogens with one attached hydrogen (secondary N) is 1. The van der Waals surface area contributed by atoms with Gasteiger partial charge in [-0.1, -0.05) is 24.0 Å². The molecule has 4 rings (SSSR count). The summed E-state index contributed by atoms with van der Waals surface area (Å²) in [6.07, 6.45) is 5.81. The second kappa shape index (κ2) is 9.85. The Bertz CT molecular complexity index is 1180. The van der Waals surface area contributed by atoms with Gasteiger partial charge in [0.2, 0.25) is 15.9 Å². The van der Waals surface area contributed by atoms with Crippen LogP contribution in [-0.2, 0) is 10.0 Å². The Hall–Kier alpha value is -2.69. The van der Waals surface area contributed by atoms with Gasteiger partial charge >= 0.3 is 6.01 Å². The molecule has 1 N–H and O–H groups in total. The highest BCUT2D eigenvalue weighted by molar-refractivity contribution is 7.98. The molecule has 168 valence electrons. The van der Waals surface area contributed by atoms with E-state index < -0.39 is 15.9 Å². The topological polar surface area (TPSA) is 105 Å². The van der Waals surface area contributed by atoms with Crippen molar-refractivity contribution in [3.05, 3.63) is 54.1 Å². The Balaban J connectivity index is 1.45. The lowest BCUT2D eigenvalue weighted by Gasteiger charge is -2.19. The summed E-state index contributed by atoms with van der Waals surface area (Å²) < 4.78 is 32.9. The number of anilines is 1. The van der Waals surface area contributed by atoms with Gasteiger partial charge in [-0.2, -0.15) is 4.31 Å². The van der Waals surface area contributed by atoms with Crippen LogP contribution in [0.1, 0.15) is 36.0 Å². The largest absolute Gasteiger partial charge is 0.403 e. The molecule has 2 aromatic carbocycles. The van der Waals surface area contributed by atoms with Gasteiger partial charge in [-0.3, -0.25) is 10.1 Å². The maximum atomic E-state index is 12.9. The van der Waals surface area contributed by atoms with Gasteiger partial charge in [0.1, 0.15) is 0 Å². The zero-order valence-electron chi connectivity index (χ0n) is 17.7. The van der Waals surface area contributed by atoms with Gasteiger partial charge in [-0.15, -0.1) is 16.9 Å². The summed E-state index contributed by atoms with van der Waals surface area (Å²) in [4.78, 5) is 13.8. The van der Waals surface area contributed by atoms with Crippen LogP contribution < -0.4 is 5.32 Å². The van der Waals surface area contributed by atoms with Crippen LogP contribution in [0.3, 0.4) is 0 Å². The summed E-state index contributed by atoms with van der Waals surface area (Å²) in [6.45, 7) is 1.06. The van der Waals surface area contributed by atoms with Crippen LogP contribution in [0.25, 0.3) is 11.5 Å². The van der Waals surface area contributed by atoms with E-state index in [2.05, 4.69) is 15.5 Å². The highest BCUT2D eigenvalue weighted by Crippen LogP contribution is 2.25. The van der Waals surface area contributed by atoms with Crippen LogP contribution in [0.5, 0.6) is 0 Å². The predicted molar refractivity (Wildman–Crippen MR) is 123 cm³/mol. The molecule has 1 amide bonds. The molecule has 8 nitrogen and oxygen atoms in total. The second-order valence-electron chi connectivity index (χ2n) is 7.44. The van der Waals surface area contributed by atoms with Gasteiger partial charge in [0.05, 0.1) is 4.90 Å². The molecule has 0 radical (unpaired) electrons. The van der Waals surface area contributed by atoms with Crippen LogP contribution >= 0.6 is 11.8 Å². The van der Waals surface area contributed by atoms with Crippen molar-refractivity contribution < 1.29 is 17.6 Å². The summed E-state index contributed by atoms with van der Waals surface area (Å²) in [6, 6.07) is 13.5. The number of aromatic nitrogens is 2. The SMILES string of the molecule is CSc1cccc(-c2nnc(NC(=O)c3ccc(S(=O)(=O)N4CCCCCC4)cc3)o2)c1. The van der Waals surface area contributed by atoms with Crippen molar-refractivity contribution >= 4 is 33.7 Å². The van der Waals surface area contributed by atoms with Gasteiger partial charge in [0.15, 0.2) is 0 Å². The van der Waals surface area contributed by atoms with Gasteiger partial charge in [-0.05, 0) is 61.6 Å². The van der Waals surface area contributed by atoms with E-state index in [1.807, 2.05) is 30.5 Å². The van der Waals surface area contributed by atoms with Crippen molar-refractivity contribution in [1.82, 2.24) is 14.5 Å². The highest BCUT2D eigenvalue weighted by atomic mass is 32.2. The summed E-state index contributed by atoms with van der Waals surface area (Å²) >= 11 is 1.60. The second-order valence-corrected chi connectivity index (χ2v) is 10.3. The molecule has 0 spiro atoms. The summed E-state index contributed by atoms with van der Waals surface area (Å²) in [5.74, 6) is -0.160. The molecule has 0 aliphatic carbocycles. The summed E-state index contributed by atoms with van der Waals surface area (Å²) in [5.41, 5.74) is 1.05. The molecule has 1 aliphatic rings. The van der Waals surface area contributed by atoms with Crippen molar-refractivity contribution in [2.75, 3.05) is 24.7 Å². The number of hydrogen-bond acceptors (Lipinski definition) is 7. The molecule has 0 saturated carbocycles. The number of thioether (sulfide) groups is 1. The Morgan fingerprint density at radius 2 is 1.75 bits per heavy atom. The number of benzene rings is 2. The van der Waals surface area contributed by atoms with E-state index in [-0.39, 0.29) is 10.9 Å². The first-order valence-electron chi connectivity index (χ1n) is 10.4. The highest BCUT2D eigenvalue weighted by Gasteiger charge is 2.25. The third-order valence-electron chi connectivity index (χ3n) is 5.28. The fourth-order valence-corrected chi connectivity index (χ4v) is 5.50. The molecule has 10 heteroatoms. The minimum absolute atomic E-state index is 0.0270. The van der Waals surface area contributed by atoms with Crippen molar-refractivity contribution in [1.29, 1.82) is 0 Å². The van der Waals surface area contributed by atoms with E-state index in [1.54, 1.807) is 11.8 Å². The van der Waals surface area contributed by atoms with E-state index in [9.17, 15) is 13.2 Å². The molecule has 2 heterocycles. The average molecular weight is 473 g/mol. The van der Waals surface area contributed by atoms with E-state index in [0.717, 1.165) is 36.1 Å². The number of carbonyl (C=O) groups is 1. The molecule has 1 fully saturated rings. The molecule has 1 saturated heterocycles. The van der Waals surface area contributed by atoms with Crippen LogP contribution in [0.15, 0.2) is 62.7 Å². The number of hydrogen-bond donors (Lipinski definition) is 1. The first kappa shape index (κ1) is 22.5. The molecule has 0 atom stereocenters. The minimum Gasteiger partial charge on any atom is -0.403 e. The molecule has 3 aromatic rings. The average Bonchev–Trinajstić information content (AvgIpc) is 3.10. The molecule has 1 aromatic heterocycles. The third-order valence-corrected chi connectivity index (χ3v) is 7.92. The van der Waals surface area contributed by atoms with Crippen molar-refractivity contribution in [2.45, 2.75) is 35.5 Å². The fraction of sp³-hybridized carbons (Fsp3) is 0.318. The van der Waals surface area contributed by atoms with Gasteiger partial charge in [0, 0.05) is 29.1 Å². The quantitative estimate of drug-likeness (QED) is 0.534. The monoisotopic (exact) mass is 472 g/mol. The van der Waals surface area contributed by atoms with Crippen LogP contribution in [-0.4, -0.2) is 48.2 Å². The van der Waals surface area contributed by atoms with Crippen LogP contribution in [0, 0.1) is 0 Å². The van der Waals surface area contributed by atoms with E-state index in [0.29, 0.717) is 24.5 Å². The van der Waals surface area contributed by atoms with Gasteiger partial charge < -0.3 is 4.42 Å². The van der Waals surface area contributed by atoms with E-state index >= 15 is 0 Å². The Kier molecular flexibility index (Phi) is 6.92. The summed E-state index contributed by atoms with van der Waals surface area (Å²) in [5, 5.41) is 10.4. The van der Waals surface area contributed by atoms with Gasteiger partial charge in [-0.25, -0.2) is 8.42 Å². The van der Waals surface area contributed by atoms with Gasteiger partial charge in [0.25, 0.3) is 5.91 Å². The smallest absolute Gasteiger partial charge is 0.322 e. The molecule has 0 unspecified atom stereocenters. The standard InChI is InChI=1S/C22H24N4O4S2/c1-31-18-8-6-7-17(15-18)21-24-25-22(30-21)23-20(27)16-9-11-19(12-10-16)32(28,29)26-13-4-2-3-5-14-26/h6-12,15H,2-5,13-14H2,1H3,(H,23,25,27). The Labute approximate surface area is 191 Å². The number of rotatable bonds is 6. The molecule has 32 heavy (non-hydrogen) atoms. The number of sulfonamides is 1. The van der Waals surface area contributed by atoms with Crippen LogP contribution in [0.2, 0.25) is 0 Å². The maximum Gasteiger partial charge on any atom is 0.322 e. The first-order valence-corrected chi connectivity index (χ1v) is 13.0. The molecule has 1 aliphatic heterocycles. The third kappa shape index (κ3) is 5.03. The molecule has 0 bridgehead atoms. The first-order chi connectivity index (χ1) is 15.5. The number of carbonyl (C=O) groups excluding carboxylic acids is 1. The lowest BCUT2D eigenvalue weighted by atomic mass is 10.2. The van der Waals surface area contributed by atoms with Crippen molar-refractivity contribution in [2.24, 2.45) is 0 Å². The minimum atomic E-state index is -3.56. The lowest BCUT2D eigenvalue weighted by Crippen LogP contribution is -2.31. The normalized spacial score (nSPS) is 15.3.